The van der Waals surface area contributed by atoms with Crippen LogP contribution in [0.3, 0.4) is 0 Å². The van der Waals surface area contributed by atoms with Crippen LogP contribution < -0.4 is 0 Å². The molecule has 0 saturated carbocycles. The number of rotatable bonds is 13. The number of esters is 1. The maximum atomic E-state index is 10.9. The minimum Gasteiger partial charge on any atom is -0.469 e. The molecule has 24 heavy (non-hydrogen) atoms. The van der Waals surface area contributed by atoms with Gasteiger partial charge < -0.3 is 9.47 Å². The Hall–Kier alpha value is -1.61. The number of epoxide rings is 1. The fraction of sp³-hybridized carbons (Fsp3) is 0.571. The van der Waals surface area contributed by atoms with E-state index in [9.17, 15) is 4.79 Å². The van der Waals surface area contributed by atoms with E-state index in [4.69, 9.17) is 4.74 Å². The summed E-state index contributed by atoms with van der Waals surface area (Å²) in [6.07, 6.45) is 25.9. The van der Waals surface area contributed by atoms with E-state index < -0.39 is 0 Å². The topological polar surface area (TPSA) is 38.8 Å². The second-order valence-electron chi connectivity index (χ2n) is 5.92. The number of carbonyl (C=O) groups is 1. The number of carbonyl (C=O) groups excluding carboxylic acids is 1. The van der Waals surface area contributed by atoms with Crippen molar-refractivity contribution in [2.75, 3.05) is 7.11 Å². The van der Waals surface area contributed by atoms with Crippen molar-refractivity contribution in [1.82, 2.24) is 0 Å². The van der Waals surface area contributed by atoms with Crippen molar-refractivity contribution < 1.29 is 14.3 Å². The Balaban J connectivity index is 1.90. The Kier molecular flexibility index (Phi) is 11.7. The van der Waals surface area contributed by atoms with Crippen LogP contribution in [0.1, 0.15) is 58.3 Å². The van der Waals surface area contributed by atoms with Crippen molar-refractivity contribution in [1.29, 1.82) is 0 Å². The smallest absolute Gasteiger partial charge is 0.305 e. The maximum Gasteiger partial charge on any atom is 0.305 e. The largest absolute Gasteiger partial charge is 0.469 e. The van der Waals surface area contributed by atoms with Crippen LogP contribution >= 0.6 is 0 Å². The van der Waals surface area contributed by atoms with Gasteiger partial charge in [-0.25, -0.2) is 0 Å². The SMILES string of the molecule is CC[C@H]1O[C@H]1C/C=C\C/C=C\C/C=C\C/C=C\CCCC(=O)OC. The molecule has 0 aromatic heterocycles. The van der Waals surface area contributed by atoms with E-state index in [1.807, 2.05) is 0 Å². The number of allylic oxidation sites excluding steroid dienone is 7. The molecule has 0 unspecified atom stereocenters. The molecule has 0 radical (unpaired) electrons. The predicted molar refractivity (Wildman–Crippen MR) is 99.8 cm³/mol. The Bertz CT molecular complexity index is 446. The standard InChI is InChI=1S/C21H32O3/c1-3-19-20(24-19)17-15-13-11-9-7-5-4-6-8-10-12-14-16-18-21(22)23-2/h4,6-7,9-10,12-13,15,19-20H,3,5,8,11,14,16-18H2,1-2H3/b6-4-,9-7-,12-10-,15-13-/t19-,20+/m1/s1. The maximum absolute atomic E-state index is 10.9. The minimum atomic E-state index is -0.129. The molecule has 1 fully saturated rings. The minimum absolute atomic E-state index is 0.129. The zero-order chi connectivity index (χ0) is 17.5. The average molecular weight is 332 g/mol. The zero-order valence-electron chi connectivity index (χ0n) is 15.2. The molecule has 1 aliphatic heterocycles. The molecule has 0 bridgehead atoms. The molecule has 0 spiro atoms. The van der Waals surface area contributed by atoms with Crippen molar-refractivity contribution in [3.63, 3.8) is 0 Å². The molecule has 3 nitrogen and oxygen atoms in total. The summed E-state index contributed by atoms with van der Waals surface area (Å²) in [7, 11) is 1.43. The molecule has 1 aliphatic rings. The van der Waals surface area contributed by atoms with Gasteiger partial charge in [-0.15, -0.1) is 0 Å². The third kappa shape index (κ3) is 11.0. The first-order chi connectivity index (χ1) is 11.8. The second kappa shape index (κ2) is 13.8. The van der Waals surface area contributed by atoms with Gasteiger partial charge in [-0.2, -0.15) is 0 Å². The number of unbranched alkanes of at least 4 members (excludes halogenated alkanes) is 1. The molecular weight excluding hydrogens is 300 g/mol. The highest BCUT2D eigenvalue weighted by Crippen LogP contribution is 2.28. The summed E-state index contributed by atoms with van der Waals surface area (Å²) in [5, 5.41) is 0. The van der Waals surface area contributed by atoms with Crippen molar-refractivity contribution in [3.8, 4) is 0 Å². The quantitative estimate of drug-likeness (QED) is 0.199. The third-order valence-electron chi connectivity index (χ3n) is 3.92. The van der Waals surface area contributed by atoms with E-state index in [-0.39, 0.29) is 5.97 Å². The van der Waals surface area contributed by atoms with E-state index in [1.165, 1.54) is 7.11 Å². The summed E-state index contributed by atoms with van der Waals surface area (Å²) in [6.45, 7) is 2.17. The first-order valence-electron chi connectivity index (χ1n) is 9.10. The summed E-state index contributed by atoms with van der Waals surface area (Å²) in [6, 6.07) is 0. The summed E-state index contributed by atoms with van der Waals surface area (Å²) in [5.41, 5.74) is 0. The molecule has 1 heterocycles. The van der Waals surface area contributed by atoms with Crippen LogP contribution in [-0.2, 0) is 14.3 Å². The van der Waals surface area contributed by atoms with Crippen molar-refractivity contribution in [3.05, 3.63) is 48.6 Å². The molecule has 1 rings (SSSR count). The van der Waals surface area contributed by atoms with E-state index in [2.05, 4.69) is 60.3 Å². The van der Waals surface area contributed by atoms with Gasteiger partial charge in [0, 0.05) is 6.42 Å². The zero-order valence-corrected chi connectivity index (χ0v) is 15.2. The van der Waals surface area contributed by atoms with Crippen LogP contribution in [0, 0.1) is 0 Å². The van der Waals surface area contributed by atoms with Gasteiger partial charge in [0.2, 0.25) is 0 Å². The van der Waals surface area contributed by atoms with E-state index >= 15 is 0 Å². The van der Waals surface area contributed by atoms with Crippen LogP contribution in [0.5, 0.6) is 0 Å². The molecule has 134 valence electrons. The fourth-order valence-corrected chi connectivity index (χ4v) is 2.37. The van der Waals surface area contributed by atoms with Gasteiger partial charge in [0.25, 0.3) is 0 Å². The molecular formula is C21H32O3. The lowest BCUT2D eigenvalue weighted by Crippen LogP contribution is -1.98. The van der Waals surface area contributed by atoms with Gasteiger partial charge in [-0.3, -0.25) is 4.79 Å². The van der Waals surface area contributed by atoms with Gasteiger partial charge in [-0.05, 0) is 44.9 Å². The molecule has 2 atom stereocenters. The normalized spacial score (nSPS) is 20.8. The van der Waals surface area contributed by atoms with Gasteiger partial charge in [0.1, 0.15) is 0 Å². The van der Waals surface area contributed by atoms with Crippen LogP contribution in [0.2, 0.25) is 0 Å². The fourth-order valence-electron chi connectivity index (χ4n) is 2.37. The molecule has 0 N–H and O–H groups in total. The Morgan fingerprint density at radius 3 is 2.04 bits per heavy atom. The van der Waals surface area contributed by atoms with E-state index in [1.54, 1.807) is 0 Å². The summed E-state index contributed by atoms with van der Waals surface area (Å²) in [4.78, 5) is 10.9. The number of hydrogen-bond acceptors (Lipinski definition) is 3. The third-order valence-corrected chi connectivity index (χ3v) is 3.92. The summed E-state index contributed by atoms with van der Waals surface area (Å²) in [5.74, 6) is -0.129. The van der Waals surface area contributed by atoms with E-state index in [0.29, 0.717) is 18.6 Å². The number of hydrogen-bond donors (Lipinski definition) is 0. The van der Waals surface area contributed by atoms with Gasteiger partial charge in [-0.1, -0.05) is 55.5 Å². The second-order valence-corrected chi connectivity index (χ2v) is 5.92. The Morgan fingerprint density at radius 1 is 0.917 bits per heavy atom. The van der Waals surface area contributed by atoms with Crippen LogP contribution in [0.4, 0.5) is 0 Å². The van der Waals surface area contributed by atoms with Gasteiger partial charge in [0.05, 0.1) is 19.3 Å². The van der Waals surface area contributed by atoms with E-state index in [0.717, 1.165) is 44.9 Å². The van der Waals surface area contributed by atoms with Gasteiger partial charge >= 0.3 is 5.97 Å². The lowest BCUT2D eigenvalue weighted by Gasteiger charge is -1.95. The molecule has 0 aliphatic carbocycles. The number of methoxy groups -OCH3 is 1. The number of ether oxygens (including phenoxy) is 2. The summed E-state index contributed by atoms with van der Waals surface area (Å²) >= 11 is 0. The van der Waals surface area contributed by atoms with Crippen molar-refractivity contribution >= 4 is 5.97 Å². The highest BCUT2D eigenvalue weighted by Gasteiger charge is 2.35. The lowest BCUT2D eigenvalue weighted by atomic mass is 10.2. The molecule has 0 amide bonds. The first-order valence-corrected chi connectivity index (χ1v) is 9.10. The van der Waals surface area contributed by atoms with Crippen LogP contribution in [0.15, 0.2) is 48.6 Å². The summed E-state index contributed by atoms with van der Waals surface area (Å²) < 4.78 is 10.1. The average Bonchev–Trinajstić information content (AvgIpc) is 3.36. The highest BCUT2D eigenvalue weighted by atomic mass is 16.6. The van der Waals surface area contributed by atoms with Gasteiger partial charge in [0.15, 0.2) is 0 Å². The Morgan fingerprint density at radius 2 is 1.50 bits per heavy atom. The van der Waals surface area contributed by atoms with Crippen LogP contribution in [0.25, 0.3) is 0 Å². The van der Waals surface area contributed by atoms with Crippen molar-refractivity contribution in [2.45, 2.75) is 70.5 Å². The molecule has 3 heteroatoms. The highest BCUT2D eigenvalue weighted by molar-refractivity contribution is 5.69. The Labute approximate surface area is 147 Å². The lowest BCUT2D eigenvalue weighted by molar-refractivity contribution is -0.140. The molecule has 1 saturated heterocycles. The van der Waals surface area contributed by atoms with Crippen molar-refractivity contribution in [2.24, 2.45) is 0 Å². The first kappa shape index (κ1) is 20.4. The predicted octanol–water partition coefficient (Wildman–Crippen LogP) is 5.29. The van der Waals surface area contributed by atoms with Crippen LogP contribution in [-0.4, -0.2) is 25.3 Å². The molecule has 0 aromatic carbocycles. The monoisotopic (exact) mass is 332 g/mol. The molecule has 0 aromatic rings.